The summed E-state index contributed by atoms with van der Waals surface area (Å²) < 4.78 is 5.27. The van der Waals surface area contributed by atoms with Gasteiger partial charge in [-0.1, -0.05) is 29.8 Å². The summed E-state index contributed by atoms with van der Waals surface area (Å²) in [4.78, 5) is 12.0. The quantitative estimate of drug-likeness (QED) is 0.753. The molecule has 1 fully saturated rings. The number of hydrogen-bond donors (Lipinski definition) is 3. The number of carbonyl (C=O) groups is 1. The van der Waals surface area contributed by atoms with Crippen LogP contribution in [0.2, 0.25) is 0 Å². The number of aliphatic hydroxyl groups excluding tert-OH is 1. The van der Waals surface area contributed by atoms with Gasteiger partial charge in [0.15, 0.2) is 0 Å². The molecule has 0 aromatic heterocycles. The molecule has 5 nitrogen and oxygen atoms in total. The van der Waals surface area contributed by atoms with E-state index >= 15 is 0 Å². The number of nitrogens with two attached hydrogens (primary N) is 1. The topological polar surface area (TPSA) is 84.6 Å². The zero-order valence-electron chi connectivity index (χ0n) is 12.4. The molecular weight excluding hydrogens is 268 g/mol. The highest BCUT2D eigenvalue weighted by molar-refractivity contribution is 5.81. The standard InChI is InChI=1S/C16H24N2O3/c1-11-2-4-12(5-3-11)14(19)10-18-16(20)15(17)13-6-8-21-9-7-13/h2-5,13-15,19H,6-10,17H2,1H3,(H,18,20). The van der Waals surface area contributed by atoms with Crippen molar-refractivity contribution in [3.63, 3.8) is 0 Å². The Morgan fingerprint density at radius 2 is 2.00 bits per heavy atom. The molecule has 1 aliphatic heterocycles. The van der Waals surface area contributed by atoms with Crippen LogP contribution in [0, 0.1) is 12.8 Å². The second-order valence-electron chi connectivity index (χ2n) is 5.65. The van der Waals surface area contributed by atoms with Gasteiger partial charge < -0.3 is 20.9 Å². The first-order chi connectivity index (χ1) is 10.1. The molecule has 0 saturated carbocycles. The molecule has 1 aliphatic rings. The fourth-order valence-electron chi connectivity index (χ4n) is 2.51. The average Bonchev–Trinajstić information content (AvgIpc) is 2.53. The van der Waals surface area contributed by atoms with E-state index in [1.807, 2.05) is 31.2 Å². The highest BCUT2D eigenvalue weighted by Gasteiger charge is 2.26. The maximum atomic E-state index is 12.0. The van der Waals surface area contributed by atoms with E-state index in [-0.39, 0.29) is 18.4 Å². The third-order valence-corrected chi connectivity index (χ3v) is 4.01. The molecule has 1 aromatic carbocycles. The van der Waals surface area contributed by atoms with E-state index in [1.54, 1.807) is 0 Å². The van der Waals surface area contributed by atoms with Crippen LogP contribution in [-0.2, 0) is 9.53 Å². The summed E-state index contributed by atoms with van der Waals surface area (Å²) in [5.41, 5.74) is 7.92. The summed E-state index contributed by atoms with van der Waals surface area (Å²) in [6.45, 7) is 3.50. The van der Waals surface area contributed by atoms with Gasteiger partial charge in [0.2, 0.25) is 5.91 Å². The van der Waals surface area contributed by atoms with Crippen LogP contribution in [0.1, 0.15) is 30.1 Å². The van der Waals surface area contributed by atoms with E-state index < -0.39 is 12.1 Å². The largest absolute Gasteiger partial charge is 0.387 e. The number of nitrogens with one attached hydrogen (secondary N) is 1. The molecule has 1 heterocycles. The number of rotatable bonds is 5. The van der Waals surface area contributed by atoms with Gasteiger partial charge in [-0.05, 0) is 31.2 Å². The number of hydrogen-bond acceptors (Lipinski definition) is 4. The minimum absolute atomic E-state index is 0.162. The van der Waals surface area contributed by atoms with Crippen molar-refractivity contribution in [2.75, 3.05) is 19.8 Å². The highest BCUT2D eigenvalue weighted by atomic mass is 16.5. The van der Waals surface area contributed by atoms with Crippen molar-refractivity contribution in [2.45, 2.75) is 31.9 Å². The molecule has 1 amide bonds. The zero-order valence-corrected chi connectivity index (χ0v) is 12.4. The minimum atomic E-state index is -0.712. The lowest BCUT2D eigenvalue weighted by Gasteiger charge is -2.27. The van der Waals surface area contributed by atoms with Crippen molar-refractivity contribution in [3.8, 4) is 0 Å². The lowest BCUT2D eigenvalue weighted by atomic mass is 9.92. The lowest BCUT2D eigenvalue weighted by Crippen LogP contribution is -2.47. The molecule has 0 aliphatic carbocycles. The van der Waals surface area contributed by atoms with E-state index in [2.05, 4.69) is 5.32 Å². The van der Waals surface area contributed by atoms with Gasteiger partial charge in [0, 0.05) is 19.8 Å². The van der Waals surface area contributed by atoms with Crippen LogP contribution in [0.5, 0.6) is 0 Å². The number of benzene rings is 1. The number of amides is 1. The van der Waals surface area contributed by atoms with Crippen molar-refractivity contribution in [2.24, 2.45) is 11.7 Å². The van der Waals surface area contributed by atoms with E-state index in [0.717, 1.165) is 24.0 Å². The molecule has 2 atom stereocenters. The van der Waals surface area contributed by atoms with E-state index in [1.165, 1.54) is 0 Å². The van der Waals surface area contributed by atoms with Gasteiger partial charge in [-0.3, -0.25) is 4.79 Å². The third-order valence-electron chi connectivity index (χ3n) is 4.01. The Balaban J connectivity index is 1.81. The minimum Gasteiger partial charge on any atom is -0.387 e. The van der Waals surface area contributed by atoms with Crippen LogP contribution in [-0.4, -0.2) is 36.8 Å². The van der Waals surface area contributed by atoms with Crippen LogP contribution in [0.4, 0.5) is 0 Å². The summed E-state index contributed by atoms with van der Waals surface area (Å²) >= 11 is 0. The first-order valence-corrected chi connectivity index (χ1v) is 7.43. The third kappa shape index (κ3) is 4.52. The van der Waals surface area contributed by atoms with Gasteiger partial charge in [0.1, 0.15) is 0 Å². The molecule has 21 heavy (non-hydrogen) atoms. The van der Waals surface area contributed by atoms with Crippen molar-refractivity contribution in [3.05, 3.63) is 35.4 Å². The molecule has 1 aromatic rings. The maximum absolute atomic E-state index is 12.0. The second-order valence-corrected chi connectivity index (χ2v) is 5.65. The second kappa shape index (κ2) is 7.54. The molecular formula is C16H24N2O3. The molecule has 1 saturated heterocycles. The van der Waals surface area contributed by atoms with Crippen LogP contribution < -0.4 is 11.1 Å². The number of aryl methyl sites for hydroxylation is 1. The smallest absolute Gasteiger partial charge is 0.237 e. The van der Waals surface area contributed by atoms with Crippen LogP contribution in [0.15, 0.2) is 24.3 Å². The van der Waals surface area contributed by atoms with Crippen molar-refractivity contribution in [1.29, 1.82) is 0 Å². The predicted molar refractivity (Wildman–Crippen MR) is 80.7 cm³/mol. The van der Waals surface area contributed by atoms with Crippen LogP contribution in [0.3, 0.4) is 0 Å². The number of carbonyl (C=O) groups excluding carboxylic acids is 1. The van der Waals surface area contributed by atoms with Gasteiger partial charge >= 0.3 is 0 Å². The molecule has 4 N–H and O–H groups in total. The lowest BCUT2D eigenvalue weighted by molar-refractivity contribution is -0.124. The SMILES string of the molecule is Cc1ccc(C(O)CNC(=O)C(N)C2CCOCC2)cc1. The van der Waals surface area contributed by atoms with E-state index in [0.29, 0.717) is 13.2 Å². The maximum Gasteiger partial charge on any atom is 0.237 e. The molecule has 0 spiro atoms. The fourth-order valence-corrected chi connectivity index (χ4v) is 2.51. The Labute approximate surface area is 125 Å². The summed E-state index contributed by atoms with van der Waals surface area (Å²) in [6, 6.07) is 7.08. The molecule has 0 bridgehead atoms. The Hall–Kier alpha value is -1.43. The predicted octanol–water partition coefficient (Wildman–Crippen LogP) is 0.899. The van der Waals surface area contributed by atoms with E-state index in [4.69, 9.17) is 10.5 Å². The van der Waals surface area contributed by atoms with Gasteiger partial charge in [0.25, 0.3) is 0 Å². The molecule has 116 valence electrons. The summed E-state index contributed by atoms with van der Waals surface area (Å²) in [5, 5.41) is 12.8. The molecule has 5 heteroatoms. The Bertz CT molecular complexity index is 455. The molecule has 2 unspecified atom stereocenters. The Morgan fingerprint density at radius 1 is 1.38 bits per heavy atom. The van der Waals surface area contributed by atoms with Gasteiger partial charge in [-0.2, -0.15) is 0 Å². The Kier molecular flexibility index (Phi) is 5.73. The fraction of sp³-hybridized carbons (Fsp3) is 0.562. The Morgan fingerprint density at radius 3 is 2.62 bits per heavy atom. The van der Waals surface area contributed by atoms with E-state index in [9.17, 15) is 9.90 Å². The highest BCUT2D eigenvalue weighted by Crippen LogP contribution is 2.18. The van der Waals surface area contributed by atoms with Crippen molar-refractivity contribution < 1.29 is 14.6 Å². The van der Waals surface area contributed by atoms with Gasteiger partial charge in [-0.15, -0.1) is 0 Å². The first kappa shape index (κ1) is 15.9. The van der Waals surface area contributed by atoms with Crippen LogP contribution >= 0.6 is 0 Å². The zero-order chi connectivity index (χ0) is 15.2. The summed E-state index contributed by atoms with van der Waals surface area (Å²) in [5.74, 6) is -0.0386. The van der Waals surface area contributed by atoms with Gasteiger partial charge in [0.05, 0.1) is 12.1 Å². The van der Waals surface area contributed by atoms with Crippen LogP contribution in [0.25, 0.3) is 0 Å². The normalized spacial score (nSPS) is 19.0. The van der Waals surface area contributed by atoms with Crippen molar-refractivity contribution >= 4 is 5.91 Å². The first-order valence-electron chi connectivity index (χ1n) is 7.43. The molecule has 0 radical (unpaired) electrons. The monoisotopic (exact) mass is 292 g/mol. The number of aliphatic hydroxyl groups is 1. The average molecular weight is 292 g/mol. The molecule has 2 rings (SSSR count). The summed E-state index contributed by atoms with van der Waals surface area (Å²) in [6.07, 6.45) is 0.918. The van der Waals surface area contributed by atoms with Gasteiger partial charge in [-0.25, -0.2) is 0 Å². The van der Waals surface area contributed by atoms with Crippen molar-refractivity contribution in [1.82, 2.24) is 5.32 Å². The summed E-state index contributed by atoms with van der Waals surface area (Å²) in [7, 11) is 0. The number of ether oxygens (including phenoxy) is 1.